The van der Waals surface area contributed by atoms with Crippen LogP contribution >= 0.6 is 0 Å². The molecule has 2 aromatic rings. The summed E-state index contributed by atoms with van der Waals surface area (Å²) in [5.74, 6) is 1.66. The summed E-state index contributed by atoms with van der Waals surface area (Å²) in [6, 6.07) is 7.71. The summed E-state index contributed by atoms with van der Waals surface area (Å²) in [4.78, 5) is 12.3. The number of carbonyl (C=O) groups excluding carboxylic acids is 1. The first-order chi connectivity index (χ1) is 11.7. The molecule has 1 aliphatic rings. The molecule has 8 heteroatoms. The number of hydrazine groups is 1. The van der Waals surface area contributed by atoms with E-state index in [-0.39, 0.29) is 18.0 Å². The minimum absolute atomic E-state index is 0.0133. The Bertz CT molecular complexity index is 684. The Morgan fingerprint density at radius 1 is 1.38 bits per heavy atom. The third-order valence-corrected chi connectivity index (χ3v) is 4.19. The molecule has 128 valence electrons. The monoisotopic (exact) mass is 330 g/mol. The van der Waals surface area contributed by atoms with Crippen LogP contribution in [-0.2, 0) is 18.3 Å². The van der Waals surface area contributed by atoms with Gasteiger partial charge in [-0.15, -0.1) is 10.2 Å². The number of ether oxygens (including phenoxy) is 1. The number of aryl methyl sites for hydroxylation is 1. The van der Waals surface area contributed by atoms with Crippen molar-refractivity contribution in [3.63, 3.8) is 0 Å². The van der Waals surface area contributed by atoms with Crippen molar-refractivity contribution < 1.29 is 9.53 Å². The second-order valence-corrected chi connectivity index (χ2v) is 5.80. The van der Waals surface area contributed by atoms with Crippen LogP contribution in [0.4, 0.5) is 0 Å². The fourth-order valence-corrected chi connectivity index (χ4v) is 2.74. The molecule has 1 aromatic carbocycles. The zero-order valence-corrected chi connectivity index (χ0v) is 13.8. The first-order valence-electron chi connectivity index (χ1n) is 7.93. The highest BCUT2D eigenvalue weighted by atomic mass is 16.5. The van der Waals surface area contributed by atoms with E-state index in [1.54, 1.807) is 13.4 Å². The van der Waals surface area contributed by atoms with Gasteiger partial charge in [0.25, 0.3) is 0 Å². The molecule has 2 unspecified atom stereocenters. The standard InChI is InChI=1S/C16H22N6O2/c1-22-10-18-21-15(22)7-8-17-16(23)14-9-13(19-20-14)11-3-5-12(24-2)6-4-11/h3-6,10,13-14,19-20H,7-9H2,1-2H3,(H,17,23). The lowest BCUT2D eigenvalue weighted by molar-refractivity contribution is -0.122. The summed E-state index contributed by atoms with van der Waals surface area (Å²) in [5.41, 5.74) is 7.36. The van der Waals surface area contributed by atoms with Gasteiger partial charge in [0.05, 0.1) is 7.11 Å². The Morgan fingerprint density at radius 2 is 2.17 bits per heavy atom. The van der Waals surface area contributed by atoms with Crippen LogP contribution in [0.25, 0.3) is 0 Å². The minimum atomic E-state index is -0.253. The highest BCUT2D eigenvalue weighted by Crippen LogP contribution is 2.24. The zero-order chi connectivity index (χ0) is 16.9. The quantitative estimate of drug-likeness (QED) is 0.695. The number of hydrogen-bond donors (Lipinski definition) is 3. The zero-order valence-electron chi connectivity index (χ0n) is 13.8. The van der Waals surface area contributed by atoms with E-state index in [1.165, 1.54) is 0 Å². The molecule has 0 radical (unpaired) electrons. The third kappa shape index (κ3) is 3.72. The predicted octanol–water partition coefficient (Wildman–Crippen LogP) is 0.0902. The number of nitrogens with zero attached hydrogens (tertiary/aromatic N) is 3. The predicted molar refractivity (Wildman–Crippen MR) is 88.1 cm³/mol. The Labute approximate surface area is 140 Å². The number of amides is 1. The van der Waals surface area contributed by atoms with Crippen LogP contribution in [0.2, 0.25) is 0 Å². The van der Waals surface area contributed by atoms with E-state index >= 15 is 0 Å². The molecule has 1 aliphatic heterocycles. The molecule has 0 saturated carbocycles. The summed E-state index contributed by atoms with van der Waals surface area (Å²) in [6.07, 6.45) is 3.01. The van der Waals surface area contributed by atoms with Crippen molar-refractivity contribution in [2.24, 2.45) is 7.05 Å². The van der Waals surface area contributed by atoms with Gasteiger partial charge >= 0.3 is 0 Å². The topological polar surface area (TPSA) is 93.1 Å². The van der Waals surface area contributed by atoms with E-state index in [0.717, 1.165) is 17.1 Å². The van der Waals surface area contributed by atoms with Crippen LogP contribution < -0.4 is 20.9 Å². The van der Waals surface area contributed by atoms with Gasteiger partial charge in [0, 0.05) is 26.1 Å². The molecule has 2 heterocycles. The second kappa shape index (κ2) is 7.41. The van der Waals surface area contributed by atoms with E-state index in [9.17, 15) is 4.79 Å². The van der Waals surface area contributed by atoms with Crippen LogP contribution in [0, 0.1) is 0 Å². The van der Waals surface area contributed by atoms with Gasteiger partial charge in [-0.1, -0.05) is 12.1 Å². The van der Waals surface area contributed by atoms with Crippen LogP contribution in [-0.4, -0.2) is 40.4 Å². The van der Waals surface area contributed by atoms with Crippen molar-refractivity contribution in [1.29, 1.82) is 0 Å². The smallest absolute Gasteiger partial charge is 0.238 e. The average Bonchev–Trinajstić information content (AvgIpc) is 3.25. The number of hydrogen-bond acceptors (Lipinski definition) is 6. The number of rotatable bonds is 6. The van der Waals surface area contributed by atoms with Crippen molar-refractivity contribution in [2.75, 3.05) is 13.7 Å². The maximum absolute atomic E-state index is 12.3. The number of carbonyl (C=O) groups is 1. The van der Waals surface area contributed by atoms with E-state index in [2.05, 4.69) is 26.4 Å². The average molecular weight is 330 g/mol. The molecular weight excluding hydrogens is 308 g/mol. The maximum Gasteiger partial charge on any atom is 0.238 e. The molecule has 2 atom stereocenters. The molecule has 1 amide bonds. The Hall–Kier alpha value is -2.45. The lowest BCUT2D eigenvalue weighted by Crippen LogP contribution is -2.43. The summed E-state index contributed by atoms with van der Waals surface area (Å²) in [7, 11) is 3.53. The number of benzene rings is 1. The highest BCUT2D eigenvalue weighted by Gasteiger charge is 2.29. The Kier molecular flexibility index (Phi) is 5.07. The van der Waals surface area contributed by atoms with Crippen molar-refractivity contribution in [1.82, 2.24) is 30.9 Å². The molecule has 0 aliphatic carbocycles. The van der Waals surface area contributed by atoms with Gasteiger partial charge in [-0.25, -0.2) is 10.9 Å². The third-order valence-electron chi connectivity index (χ3n) is 4.19. The van der Waals surface area contributed by atoms with E-state index in [1.807, 2.05) is 35.9 Å². The van der Waals surface area contributed by atoms with Crippen molar-refractivity contribution >= 4 is 5.91 Å². The second-order valence-electron chi connectivity index (χ2n) is 5.80. The summed E-state index contributed by atoms with van der Waals surface area (Å²) >= 11 is 0. The summed E-state index contributed by atoms with van der Waals surface area (Å²) in [5, 5.41) is 10.8. The molecule has 3 N–H and O–H groups in total. The largest absolute Gasteiger partial charge is 0.497 e. The van der Waals surface area contributed by atoms with Crippen LogP contribution in [0.15, 0.2) is 30.6 Å². The van der Waals surface area contributed by atoms with Gasteiger partial charge in [-0.2, -0.15) is 0 Å². The first kappa shape index (κ1) is 16.4. The van der Waals surface area contributed by atoms with Crippen LogP contribution in [0.3, 0.4) is 0 Å². The fourth-order valence-electron chi connectivity index (χ4n) is 2.74. The Morgan fingerprint density at radius 3 is 2.83 bits per heavy atom. The van der Waals surface area contributed by atoms with Crippen molar-refractivity contribution in [3.8, 4) is 5.75 Å². The number of aromatic nitrogens is 3. The number of nitrogens with one attached hydrogen (secondary N) is 3. The molecule has 24 heavy (non-hydrogen) atoms. The van der Waals surface area contributed by atoms with E-state index in [4.69, 9.17) is 4.74 Å². The molecule has 1 fully saturated rings. The van der Waals surface area contributed by atoms with Gasteiger partial charge in [-0.3, -0.25) is 4.79 Å². The van der Waals surface area contributed by atoms with Gasteiger partial charge < -0.3 is 14.6 Å². The summed E-state index contributed by atoms with van der Waals surface area (Å²) < 4.78 is 7.01. The fraction of sp³-hybridized carbons (Fsp3) is 0.438. The lowest BCUT2D eigenvalue weighted by atomic mass is 10.0. The Balaban J connectivity index is 1.47. The van der Waals surface area contributed by atoms with Crippen LogP contribution in [0.5, 0.6) is 5.75 Å². The molecule has 1 aromatic heterocycles. The highest BCUT2D eigenvalue weighted by molar-refractivity contribution is 5.82. The van der Waals surface area contributed by atoms with E-state index < -0.39 is 0 Å². The molecule has 0 bridgehead atoms. The van der Waals surface area contributed by atoms with Crippen molar-refractivity contribution in [2.45, 2.75) is 24.9 Å². The van der Waals surface area contributed by atoms with Crippen LogP contribution in [0.1, 0.15) is 23.9 Å². The SMILES string of the molecule is COc1ccc(C2CC(C(=O)NCCc3nncn3C)NN2)cc1. The van der Waals surface area contributed by atoms with Gasteiger partial charge in [0.15, 0.2) is 0 Å². The first-order valence-corrected chi connectivity index (χ1v) is 7.93. The van der Waals surface area contributed by atoms with Gasteiger partial charge in [0.1, 0.15) is 23.9 Å². The molecule has 0 spiro atoms. The maximum atomic E-state index is 12.3. The molecule has 8 nitrogen and oxygen atoms in total. The normalized spacial score (nSPS) is 20.1. The lowest BCUT2D eigenvalue weighted by Gasteiger charge is -2.11. The van der Waals surface area contributed by atoms with Gasteiger partial charge in [-0.05, 0) is 24.1 Å². The molecular formula is C16H22N6O2. The summed E-state index contributed by atoms with van der Waals surface area (Å²) in [6.45, 7) is 0.538. The van der Waals surface area contributed by atoms with Crippen molar-refractivity contribution in [3.05, 3.63) is 42.0 Å². The molecule has 3 rings (SSSR count). The minimum Gasteiger partial charge on any atom is -0.497 e. The number of methoxy groups -OCH3 is 1. The van der Waals surface area contributed by atoms with E-state index in [0.29, 0.717) is 19.4 Å². The molecule has 1 saturated heterocycles. The van der Waals surface area contributed by atoms with Gasteiger partial charge in [0.2, 0.25) is 5.91 Å².